The van der Waals surface area contributed by atoms with Crippen LogP contribution in [0.2, 0.25) is 5.02 Å². The maximum atomic E-state index is 12.6. The number of hydrogen-bond donors (Lipinski definition) is 2. The van der Waals surface area contributed by atoms with Crippen molar-refractivity contribution in [1.29, 1.82) is 0 Å². The molecule has 0 atom stereocenters. The van der Waals surface area contributed by atoms with E-state index in [2.05, 4.69) is 5.32 Å². The first kappa shape index (κ1) is 19.8. The van der Waals surface area contributed by atoms with Crippen LogP contribution in [-0.2, 0) is 16.6 Å². The second-order valence-electron chi connectivity index (χ2n) is 6.01. The molecule has 3 N–H and O–H groups in total. The third-order valence-corrected chi connectivity index (χ3v) is 5.11. The zero-order chi connectivity index (χ0) is 20.3. The maximum absolute atomic E-state index is 12.6. The number of sulfonamides is 1. The quantitative estimate of drug-likeness (QED) is 0.664. The molecule has 0 radical (unpaired) electrons. The standard InChI is InChI=1S/C19H16ClN3O4S/c20-14-4-1-3-13(11-14)12-23-10-2-5-17(19(23)25)18(24)22-15-6-8-16(9-7-15)28(21,26)27/h1-11H,12H2,(H,22,24)(H2,21,26,27). The first-order valence-electron chi connectivity index (χ1n) is 8.12. The summed E-state index contributed by atoms with van der Waals surface area (Å²) in [5.74, 6) is -0.603. The number of aromatic nitrogens is 1. The number of amides is 1. The number of benzene rings is 2. The van der Waals surface area contributed by atoms with E-state index in [9.17, 15) is 18.0 Å². The highest BCUT2D eigenvalue weighted by Crippen LogP contribution is 2.14. The van der Waals surface area contributed by atoms with Gasteiger partial charge < -0.3 is 9.88 Å². The molecule has 3 aromatic rings. The van der Waals surface area contributed by atoms with Crippen LogP contribution < -0.4 is 16.0 Å². The summed E-state index contributed by atoms with van der Waals surface area (Å²) in [6, 6.07) is 15.4. The van der Waals surface area contributed by atoms with Gasteiger partial charge in [-0.25, -0.2) is 13.6 Å². The molecule has 0 fully saturated rings. The van der Waals surface area contributed by atoms with E-state index in [4.69, 9.17) is 16.7 Å². The number of pyridine rings is 1. The Morgan fingerprint density at radius 2 is 1.79 bits per heavy atom. The van der Waals surface area contributed by atoms with Gasteiger partial charge in [-0.05, 0) is 54.1 Å². The lowest BCUT2D eigenvalue weighted by molar-refractivity contribution is 0.102. The van der Waals surface area contributed by atoms with Crippen molar-refractivity contribution < 1.29 is 13.2 Å². The summed E-state index contributed by atoms with van der Waals surface area (Å²) in [6.07, 6.45) is 1.58. The first-order valence-corrected chi connectivity index (χ1v) is 10.0. The number of hydrogen-bond acceptors (Lipinski definition) is 4. The van der Waals surface area contributed by atoms with E-state index in [0.717, 1.165) is 5.56 Å². The summed E-state index contributed by atoms with van der Waals surface area (Å²) in [6.45, 7) is 0.267. The van der Waals surface area contributed by atoms with Crippen LogP contribution in [0.15, 0.2) is 76.6 Å². The number of halogens is 1. The fourth-order valence-corrected chi connectivity index (χ4v) is 3.32. The fourth-order valence-electron chi connectivity index (χ4n) is 2.59. The molecule has 28 heavy (non-hydrogen) atoms. The topological polar surface area (TPSA) is 111 Å². The van der Waals surface area contributed by atoms with Gasteiger partial charge in [-0.15, -0.1) is 0 Å². The second-order valence-corrected chi connectivity index (χ2v) is 8.01. The van der Waals surface area contributed by atoms with Crippen molar-refractivity contribution in [3.05, 3.63) is 93.4 Å². The van der Waals surface area contributed by atoms with Gasteiger partial charge in [0, 0.05) is 16.9 Å². The number of primary sulfonamides is 1. The minimum absolute atomic E-state index is 0.0416. The highest BCUT2D eigenvalue weighted by Gasteiger charge is 2.14. The molecular weight excluding hydrogens is 402 g/mol. The van der Waals surface area contributed by atoms with Crippen LogP contribution >= 0.6 is 11.6 Å². The van der Waals surface area contributed by atoms with Crippen molar-refractivity contribution in [2.45, 2.75) is 11.4 Å². The van der Waals surface area contributed by atoms with Crippen molar-refractivity contribution in [3.8, 4) is 0 Å². The second kappa shape index (κ2) is 7.97. The lowest BCUT2D eigenvalue weighted by Gasteiger charge is -2.09. The summed E-state index contributed by atoms with van der Waals surface area (Å²) in [4.78, 5) is 25.1. The minimum atomic E-state index is -3.82. The number of carbonyl (C=O) groups is 1. The van der Waals surface area contributed by atoms with E-state index >= 15 is 0 Å². The van der Waals surface area contributed by atoms with Crippen LogP contribution in [0.4, 0.5) is 5.69 Å². The van der Waals surface area contributed by atoms with Gasteiger partial charge in [0.2, 0.25) is 10.0 Å². The van der Waals surface area contributed by atoms with Gasteiger partial charge in [0.15, 0.2) is 0 Å². The molecule has 1 amide bonds. The third kappa shape index (κ3) is 4.66. The van der Waals surface area contributed by atoms with Gasteiger partial charge in [-0.3, -0.25) is 9.59 Å². The van der Waals surface area contributed by atoms with Gasteiger partial charge >= 0.3 is 0 Å². The van der Waals surface area contributed by atoms with Gasteiger partial charge in [-0.2, -0.15) is 0 Å². The SMILES string of the molecule is NS(=O)(=O)c1ccc(NC(=O)c2cccn(Cc3cccc(Cl)c3)c2=O)cc1. The van der Waals surface area contributed by atoms with Crippen LogP contribution in [0, 0.1) is 0 Å². The summed E-state index contributed by atoms with van der Waals surface area (Å²) < 4.78 is 24.0. The Bertz CT molecular complexity index is 1190. The van der Waals surface area contributed by atoms with Crippen molar-refractivity contribution >= 4 is 33.2 Å². The summed E-state index contributed by atoms with van der Waals surface area (Å²) >= 11 is 5.97. The molecule has 7 nitrogen and oxygen atoms in total. The lowest BCUT2D eigenvalue weighted by Crippen LogP contribution is -2.29. The molecule has 0 unspecified atom stereocenters. The number of nitrogens with two attached hydrogens (primary N) is 1. The molecule has 0 spiro atoms. The number of carbonyl (C=O) groups excluding carboxylic acids is 1. The smallest absolute Gasteiger partial charge is 0.263 e. The summed E-state index contributed by atoms with van der Waals surface area (Å²) in [5.41, 5.74) is 0.661. The zero-order valence-electron chi connectivity index (χ0n) is 14.5. The minimum Gasteiger partial charge on any atom is -0.322 e. The largest absolute Gasteiger partial charge is 0.322 e. The van der Waals surface area contributed by atoms with Crippen LogP contribution in [-0.4, -0.2) is 18.9 Å². The predicted octanol–water partition coefficient (Wildman–Crippen LogP) is 2.45. The Balaban J connectivity index is 1.81. The first-order chi connectivity index (χ1) is 13.2. The lowest BCUT2D eigenvalue weighted by atomic mass is 10.2. The molecule has 0 saturated heterocycles. The van der Waals surface area contributed by atoms with Crippen LogP contribution in [0.5, 0.6) is 0 Å². The molecule has 144 valence electrons. The van der Waals surface area contributed by atoms with Gasteiger partial charge in [0.25, 0.3) is 11.5 Å². The molecule has 0 bridgehead atoms. The molecular formula is C19H16ClN3O4S. The van der Waals surface area contributed by atoms with E-state index in [-0.39, 0.29) is 17.0 Å². The van der Waals surface area contributed by atoms with Crippen molar-refractivity contribution in [2.75, 3.05) is 5.32 Å². The Morgan fingerprint density at radius 3 is 2.43 bits per heavy atom. The number of nitrogens with one attached hydrogen (secondary N) is 1. The Labute approximate surface area is 166 Å². The molecule has 3 rings (SSSR count). The Hall–Kier alpha value is -2.94. The average molecular weight is 418 g/mol. The Morgan fingerprint density at radius 1 is 1.07 bits per heavy atom. The molecule has 0 aliphatic rings. The monoisotopic (exact) mass is 417 g/mol. The van der Waals surface area contributed by atoms with Gasteiger partial charge in [0.1, 0.15) is 5.56 Å². The zero-order valence-corrected chi connectivity index (χ0v) is 16.1. The van der Waals surface area contributed by atoms with Crippen molar-refractivity contribution in [2.24, 2.45) is 5.14 Å². The maximum Gasteiger partial charge on any atom is 0.263 e. The van der Waals surface area contributed by atoms with Crippen molar-refractivity contribution in [3.63, 3.8) is 0 Å². The summed E-state index contributed by atoms with van der Waals surface area (Å²) in [5, 5.41) is 8.17. The van der Waals surface area contributed by atoms with Crippen LogP contribution in [0.1, 0.15) is 15.9 Å². The van der Waals surface area contributed by atoms with Crippen molar-refractivity contribution in [1.82, 2.24) is 4.57 Å². The van der Waals surface area contributed by atoms with E-state index in [1.165, 1.54) is 34.9 Å². The number of nitrogens with zero attached hydrogens (tertiary/aromatic N) is 1. The average Bonchev–Trinajstić information content (AvgIpc) is 2.63. The van der Waals surface area contributed by atoms with Crippen LogP contribution in [0.25, 0.3) is 0 Å². The van der Waals surface area contributed by atoms with Gasteiger partial charge in [0.05, 0.1) is 11.4 Å². The molecule has 1 heterocycles. The molecule has 9 heteroatoms. The summed E-state index contributed by atoms with van der Waals surface area (Å²) in [7, 11) is -3.82. The number of anilines is 1. The third-order valence-electron chi connectivity index (χ3n) is 3.95. The molecule has 1 aromatic heterocycles. The molecule has 0 aliphatic carbocycles. The highest BCUT2D eigenvalue weighted by atomic mass is 35.5. The van der Waals surface area contributed by atoms with E-state index in [0.29, 0.717) is 10.7 Å². The normalized spacial score (nSPS) is 11.2. The molecule has 0 saturated carbocycles. The molecule has 2 aromatic carbocycles. The fraction of sp³-hybridized carbons (Fsp3) is 0.0526. The van der Waals surface area contributed by atoms with E-state index in [1.807, 2.05) is 6.07 Å². The van der Waals surface area contributed by atoms with Gasteiger partial charge in [-0.1, -0.05) is 23.7 Å². The number of rotatable bonds is 5. The van der Waals surface area contributed by atoms with E-state index in [1.54, 1.807) is 30.5 Å². The predicted molar refractivity (Wildman–Crippen MR) is 107 cm³/mol. The molecule has 0 aliphatic heterocycles. The van der Waals surface area contributed by atoms with Crippen LogP contribution in [0.3, 0.4) is 0 Å². The Kier molecular flexibility index (Phi) is 5.64. The highest BCUT2D eigenvalue weighted by molar-refractivity contribution is 7.89. The van der Waals surface area contributed by atoms with E-state index < -0.39 is 21.5 Å².